The summed E-state index contributed by atoms with van der Waals surface area (Å²) in [6.45, 7) is 3.59. The molecule has 0 aromatic heterocycles. The van der Waals surface area contributed by atoms with Crippen LogP contribution in [0.5, 0.6) is 0 Å². The van der Waals surface area contributed by atoms with Gasteiger partial charge in [0.2, 0.25) is 0 Å². The van der Waals surface area contributed by atoms with Crippen LogP contribution in [0.2, 0.25) is 0 Å². The lowest BCUT2D eigenvalue weighted by molar-refractivity contribution is -0.141. The van der Waals surface area contributed by atoms with Gasteiger partial charge in [-0.3, -0.25) is 4.79 Å². The Morgan fingerprint density at radius 2 is 2.27 bits per heavy atom. The molecule has 4 heteroatoms. The highest BCUT2D eigenvalue weighted by molar-refractivity contribution is 7.78. The zero-order valence-electron chi connectivity index (χ0n) is 6.88. The second-order valence-electron chi connectivity index (χ2n) is 2.77. The number of hydrogen-bond donors (Lipinski definition) is 0. The van der Waals surface area contributed by atoms with Crippen molar-refractivity contribution in [3.8, 4) is 0 Å². The van der Waals surface area contributed by atoms with Gasteiger partial charge in [0.25, 0.3) is 0 Å². The van der Waals surface area contributed by atoms with Gasteiger partial charge in [-0.25, -0.2) is 4.99 Å². The summed E-state index contributed by atoms with van der Waals surface area (Å²) >= 11 is 4.42. The van der Waals surface area contributed by atoms with Gasteiger partial charge in [-0.05, 0) is 26.1 Å². The molecule has 11 heavy (non-hydrogen) atoms. The van der Waals surface area contributed by atoms with Crippen molar-refractivity contribution < 1.29 is 9.53 Å². The van der Waals surface area contributed by atoms with E-state index in [0.29, 0.717) is 0 Å². The minimum atomic E-state index is -0.491. The average molecular weight is 173 g/mol. The Bertz CT molecular complexity index is 195. The summed E-state index contributed by atoms with van der Waals surface area (Å²) in [4.78, 5) is 14.6. The second-order valence-corrected chi connectivity index (χ2v) is 2.95. The molecule has 3 nitrogen and oxygen atoms in total. The lowest BCUT2D eigenvalue weighted by atomic mass is 10.0. The van der Waals surface area contributed by atoms with Crippen molar-refractivity contribution >= 4 is 23.3 Å². The summed E-state index contributed by atoms with van der Waals surface area (Å²) in [6.07, 6.45) is 0.229. The molecule has 0 aliphatic carbocycles. The van der Waals surface area contributed by atoms with E-state index in [0.717, 1.165) is 0 Å². The molecule has 0 fully saturated rings. The van der Waals surface area contributed by atoms with Gasteiger partial charge >= 0.3 is 5.97 Å². The molecule has 0 aromatic carbocycles. The van der Waals surface area contributed by atoms with Gasteiger partial charge in [0, 0.05) is 0 Å². The molecule has 0 atom stereocenters. The van der Waals surface area contributed by atoms with E-state index in [4.69, 9.17) is 0 Å². The first-order valence-electron chi connectivity index (χ1n) is 3.17. The topological polar surface area (TPSA) is 38.7 Å². The third kappa shape index (κ3) is 4.65. The number of isothiocyanates is 1. The monoisotopic (exact) mass is 173 g/mol. The number of thiocarbonyl (C=S) groups is 1. The second kappa shape index (κ2) is 4.21. The van der Waals surface area contributed by atoms with E-state index in [1.54, 1.807) is 13.8 Å². The van der Waals surface area contributed by atoms with Crippen molar-refractivity contribution in [2.75, 3.05) is 7.11 Å². The molecule has 0 radical (unpaired) electrons. The van der Waals surface area contributed by atoms with Gasteiger partial charge in [0.1, 0.15) is 0 Å². The van der Waals surface area contributed by atoms with Gasteiger partial charge in [0.15, 0.2) is 0 Å². The Morgan fingerprint density at radius 3 is 2.64 bits per heavy atom. The molecule has 0 spiro atoms. The van der Waals surface area contributed by atoms with E-state index in [9.17, 15) is 4.79 Å². The number of carbonyl (C=O) groups is 1. The summed E-state index contributed by atoms with van der Waals surface area (Å²) in [6, 6.07) is 0. The van der Waals surface area contributed by atoms with Gasteiger partial charge in [-0.1, -0.05) is 0 Å². The lowest BCUT2D eigenvalue weighted by Gasteiger charge is -2.14. The van der Waals surface area contributed by atoms with Gasteiger partial charge in [-0.2, -0.15) is 0 Å². The van der Waals surface area contributed by atoms with Crippen LogP contribution in [0.25, 0.3) is 0 Å². The maximum absolute atomic E-state index is 10.8. The minimum absolute atomic E-state index is 0.229. The SMILES string of the molecule is COC(=O)CC(C)(C)N=C=S. The quantitative estimate of drug-likeness (QED) is 0.368. The van der Waals surface area contributed by atoms with Crippen LogP contribution in [0, 0.1) is 0 Å². The highest BCUT2D eigenvalue weighted by Gasteiger charge is 2.20. The number of methoxy groups -OCH3 is 1. The van der Waals surface area contributed by atoms with Crippen LogP contribution in [0.3, 0.4) is 0 Å². The molecule has 0 heterocycles. The standard InChI is InChI=1S/C7H11NO2S/c1-7(2,8-5-11)4-6(9)10-3/h4H2,1-3H3. The van der Waals surface area contributed by atoms with Crippen molar-refractivity contribution in [3.63, 3.8) is 0 Å². The number of hydrogen-bond acceptors (Lipinski definition) is 4. The highest BCUT2D eigenvalue weighted by Crippen LogP contribution is 2.13. The highest BCUT2D eigenvalue weighted by atomic mass is 32.1. The Hall–Kier alpha value is -0.730. The molecule has 0 aromatic rings. The molecule has 0 rings (SSSR count). The van der Waals surface area contributed by atoms with Crippen molar-refractivity contribution in [2.45, 2.75) is 25.8 Å². The summed E-state index contributed by atoms with van der Waals surface area (Å²) in [5.41, 5.74) is -0.491. The Kier molecular flexibility index (Phi) is 3.93. The predicted octanol–water partition coefficient (Wildman–Crippen LogP) is 1.43. The van der Waals surface area contributed by atoms with Crippen LogP contribution >= 0.6 is 12.2 Å². The molecule has 0 aliphatic heterocycles. The van der Waals surface area contributed by atoms with E-state index in [1.165, 1.54) is 7.11 Å². The van der Waals surface area contributed by atoms with Crippen LogP contribution in [-0.2, 0) is 9.53 Å². The molecular weight excluding hydrogens is 162 g/mol. The molecular formula is C7H11NO2S. The van der Waals surface area contributed by atoms with Gasteiger partial charge in [-0.15, -0.1) is 0 Å². The number of esters is 1. The zero-order valence-corrected chi connectivity index (χ0v) is 7.70. The van der Waals surface area contributed by atoms with Crippen LogP contribution in [0.1, 0.15) is 20.3 Å². The van der Waals surface area contributed by atoms with Crippen LogP contribution in [0.15, 0.2) is 4.99 Å². The minimum Gasteiger partial charge on any atom is -0.469 e. The molecule has 0 saturated heterocycles. The average Bonchev–Trinajstić information content (AvgIpc) is 1.86. The van der Waals surface area contributed by atoms with Crippen LogP contribution in [-0.4, -0.2) is 23.8 Å². The maximum atomic E-state index is 10.8. The summed E-state index contributed by atoms with van der Waals surface area (Å²) < 4.78 is 4.47. The molecule has 62 valence electrons. The summed E-state index contributed by atoms with van der Waals surface area (Å²) in [5, 5.41) is 2.24. The molecule has 0 aliphatic rings. The fraction of sp³-hybridized carbons (Fsp3) is 0.714. The van der Waals surface area contributed by atoms with Gasteiger partial charge < -0.3 is 4.74 Å². The van der Waals surface area contributed by atoms with Crippen molar-refractivity contribution in [2.24, 2.45) is 4.99 Å². The van der Waals surface area contributed by atoms with Crippen LogP contribution in [0.4, 0.5) is 0 Å². The first-order chi connectivity index (χ1) is 5.02. The molecule has 0 N–H and O–H groups in total. The third-order valence-corrected chi connectivity index (χ3v) is 1.24. The predicted molar refractivity (Wildman–Crippen MR) is 45.7 cm³/mol. The van der Waals surface area contributed by atoms with Crippen molar-refractivity contribution in [1.82, 2.24) is 0 Å². The van der Waals surface area contributed by atoms with E-state index >= 15 is 0 Å². The van der Waals surface area contributed by atoms with Crippen molar-refractivity contribution in [1.29, 1.82) is 0 Å². The smallest absolute Gasteiger partial charge is 0.307 e. The number of nitrogens with zero attached hydrogens (tertiary/aromatic N) is 1. The normalized spacial score (nSPS) is 10.1. The van der Waals surface area contributed by atoms with E-state index in [-0.39, 0.29) is 12.4 Å². The lowest BCUT2D eigenvalue weighted by Crippen LogP contribution is -2.22. The summed E-state index contributed by atoms with van der Waals surface area (Å²) in [7, 11) is 1.35. The van der Waals surface area contributed by atoms with E-state index < -0.39 is 5.54 Å². The number of aliphatic imine (C=N–C) groups is 1. The Balaban J connectivity index is 4.11. The fourth-order valence-corrected chi connectivity index (χ4v) is 0.836. The number of carbonyl (C=O) groups excluding carboxylic acids is 1. The third-order valence-electron chi connectivity index (χ3n) is 1.15. The van der Waals surface area contributed by atoms with Crippen LogP contribution < -0.4 is 0 Å². The first-order valence-corrected chi connectivity index (χ1v) is 3.58. The Labute approximate surface area is 71.5 Å². The van der Waals surface area contributed by atoms with E-state index in [2.05, 4.69) is 27.1 Å². The maximum Gasteiger partial charge on any atom is 0.307 e. The number of rotatable bonds is 3. The Morgan fingerprint density at radius 1 is 1.73 bits per heavy atom. The molecule has 0 bridgehead atoms. The molecule has 0 saturated carbocycles. The first kappa shape index (κ1) is 10.3. The van der Waals surface area contributed by atoms with Gasteiger partial charge in [0.05, 0.1) is 24.2 Å². The summed E-state index contributed by atoms with van der Waals surface area (Å²) in [5.74, 6) is -0.288. The zero-order chi connectivity index (χ0) is 8.91. The molecule has 0 amide bonds. The largest absolute Gasteiger partial charge is 0.469 e. The fourth-order valence-electron chi connectivity index (χ4n) is 0.588. The van der Waals surface area contributed by atoms with Crippen molar-refractivity contribution in [3.05, 3.63) is 0 Å². The van der Waals surface area contributed by atoms with E-state index in [1.807, 2.05) is 0 Å². The molecule has 0 unspecified atom stereocenters. The number of ether oxygens (including phenoxy) is 1.